The Labute approximate surface area is 188 Å². The Morgan fingerprint density at radius 1 is 1.26 bits per heavy atom. The molecular weight excluding hydrogens is 390 g/mol. The summed E-state index contributed by atoms with van der Waals surface area (Å²) in [5.41, 5.74) is 0. The van der Waals surface area contributed by atoms with Gasteiger partial charge in [-0.05, 0) is 64.8 Å². The van der Waals surface area contributed by atoms with Crippen LogP contribution in [0.25, 0.3) is 0 Å². The lowest BCUT2D eigenvalue weighted by atomic mass is 10.1. The fourth-order valence-electron chi connectivity index (χ4n) is 4.54. The van der Waals surface area contributed by atoms with Crippen molar-refractivity contribution in [1.29, 1.82) is 0 Å². The number of piperidine rings is 1. The van der Waals surface area contributed by atoms with Gasteiger partial charge in [0.15, 0.2) is 5.96 Å². The van der Waals surface area contributed by atoms with Crippen LogP contribution in [0.3, 0.4) is 0 Å². The molecule has 176 valence electrons. The summed E-state index contributed by atoms with van der Waals surface area (Å²) in [7, 11) is 0. The SMILES string of the molecule is CCN1CCCC1CN=C(NCCc1ccco1)NC1CCN(CCOC(C)C)CC1. The van der Waals surface area contributed by atoms with E-state index in [1.165, 1.54) is 19.4 Å². The average Bonchev–Trinajstić information content (AvgIpc) is 3.44. The first-order valence-electron chi connectivity index (χ1n) is 12.3. The van der Waals surface area contributed by atoms with E-state index < -0.39 is 0 Å². The molecule has 1 atom stereocenters. The Bertz CT molecular complexity index is 626. The van der Waals surface area contributed by atoms with Crippen LogP contribution in [0.1, 0.15) is 52.2 Å². The molecule has 2 fully saturated rings. The van der Waals surface area contributed by atoms with Crippen molar-refractivity contribution < 1.29 is 9.15 Å². The summed E-state index contributed by atoms with van der Waals surface area (Å²) in [6.07, 6.45) is 7.76. The summed E-state index contributed by atoms with van der Waals surface area (Å²) >= 11 is 0. The smallest absolute Gasteiger partial charge is 0.191 e. The van der Waals surface area contributed by atoms with Crippen LogP contribution in [-0.4, -0.2) is 86.4 Å². The molecule has 2 aliphatic heterocycles. The maximum atomic E-state index is 5.71. The zero-order valence-corrected chi connectivity index (χ0v) is 19.8. The number of likely N-dealkylation sites (tertiary alicyclic amines) is 2. The molecule has 0 amide bonds. The van der Waals surface area contributed by atoms with Gasteiger partial charge in [0.2, 0.25) is 0 Å². The summed E-state index contributed by atoms with van der Waals surface area (Å²) in [6.45, 7) is 14.6. The standard InChI is InChI=1S/C24H43N5O2/c1-4-29-13-5-7-22(29)19-26-24(25-12-9-23-8-6-17-31-23)27-21-10-14-28(15-11-21)16-18-30-20(2)3/h6,8,17,20-22H,4-5,7,9-16,18-19H2,1-3H3,(H2,25,26,27). The monoisotopic (exact) mass is 433 g/mol. The van der Waals surface area contributed by atoms with E-state index in [1.54, 1.807) is 6.26 Å². The Balaban J connectivity index is 1.47. The molecule has 3 heterocycles. The molecule has 7 heteroatoms. The van der Waals surface area contributed by atoms with Crippen LogP contribution in [0, 0.1) is 0 Å². The van der Waals surface area contributed by atoms with Gasteiger partial charge in [0.05, 0.1) is 25.5 Å². The fraction of sp³-hybridized carbons (Fsp3) is 0.792. The molecule has 1 aromatic rings. The Kier molecular flexibility index (Phi) is 10.2. The molecule has 0 aliphatic carbocycles. The number of rotatable bonds is 11. The molecule has 0 bridgehead atoms. The van der Waals surface area contributed by atoms with E-state index in [-0.39, 0.29) is 0 Å². The third-order valence-electron chi connectivity index (χ3n) is 6.40. The molecule has 2 aliphatic rings. The third kappa shape index (κ3) is 8.47. The highest BCUT2D eigenvalue weighted by atomic mass is 16.5. The van der Waals surface area contributed by atoms with Crippen LogP contribution < -0.4 is 10.6 Å². The first-order chi connectivity index (χ1) is 15.1. The highest BCUT2D eigenvalue weighted by Crippen LogP contribution is 2.17. The maximum absolute atomic E-state index is 5.71. The highest BCUT2D eigenvalue weighted by Gasteiger charge is 2.23. The Morgan fingerprint density at radius 2 is 2.10 bits per heavy atom. The maximum Gasteiger partial charge on any atom is 0.191 e. The number of furan rings is 1. The predicted octanol–water partition coefficient (Wildman–Crippen LogP) is 2.73. The van der Waals surface area contributed by atoms with Crippen LogP contribution in [0.15, 0.2) is 27.8 Å². The van der Waals surface area contributed by atoms with Crippen molar-refractivity contribution in [2.24, 2.45) is 4.99 Å². The topological polar surface area (TPSA) is 65.3 Å². The van der Waals surface area contributed by atoms with E-state index in [1.807, 2.05) is 12.1 Å². The normalized spacial score (nSPS) is 21.8. The molecule has 7 nitrogen and oxygen atoms in total. The largest absolute Gasteiger partial charge is 0.469 e. The molecule has 31 heavy (non-hydrogen) atoms. The highest BCUT2D eigenvalue weighted by molar-refractivity contribution is 5.80. The van der Waals surface area contributed by atoms with Gasteiger partial charge in [0, 0.05) is 44.7 Å². The molecule has 0 saturated carbocycles. The number of likely N-dealkylation sites (N-methyl/N-ethyl adjacent to an activating group) is 1. The second-order valence-electron chi connectivity index (χ2n) is 9.05. The van der Waals surface area contributed by atoms with Crippen molar-refractivity contribution in [3.05, 3.63) is 24.2 Å². The average molecular weight is 434 g/mol. The molecule has 0 radical (unpaired) electrons. The minimum Gasteiger partial charge on any atom is -0.469 e. The van der Waals surface area contributed by atoms with Gasteiger partial charge in [-0.1, -0.05) is 6.92 Å². The van der Waals surface area contributed by atoms with Crippen LogP contribution in [0.2, 0.25) is 0 Å². The van der Waals surface area contributed by atoms with E-state index >= 15 is 0 Å². The first-order valence-corrected chi connectivity index (χ1v) is 12.3. The van der Waals surface area contributed by atoms with Crippen LogP contribution in [0.5, 0.6) is 0 Å². The van der Waals surface area contributed by atoms with Crippen molar-refractivity contribution >= 4 is 5.96 Å². The Morgan fingerprint density at radius 3 is 2.81 bits per heavy atom. The van der Waals surface area contributed by atoms with Gasteiger partial charge < -0.3 is 24.7 Å². The fourth-order valence-corrected chi connectivity index (χ4v) is 4.54. The first kappa shape index (κ1) is 24.1. The van der Waals surface area contributed by atoms with Gasteiger partial charge in [-0.3, -0.25) is 9.89 Å². The quantitative estimate of drug-likeness (QED) is 0.413. The second-order valence-corrected chi connectivity index (χ2v) is 9.05. The van der Waals surface area contributed by atoms with Crippen LogP contribution >= 0.6 is 0 Å². The van der Waals surface area contributed by atoms with Gasteiger partial charge in [-0.2, -0.15) is 0 Å². The van der Waals surface area contributed by atoms with Crippen molar-refractivity contribution in [2.45, 2.75) is 71.1 Å². The number of nitrogens with one attached hydrogen (secondary N) is 2. The second kappa shape index (κ2) is 13.1. The number of nitrogens with zero attached hydrogens (tertiary/aromatic N) is 3. The number of aliphatic imine (C=N–C) groups is 1. The molecule has 2 saturated heterocycles. The summed E-state index contributed by atoms with van der Waals surface area (Å²) in [5.74, 6) is 1.97. The Hall–Kier alpha value is -1.57. The van der Waals surface area contributed by atoms with Crippen molar-refractivity contribution in [2.75, 3.05) is 52.4 Å². The summed E-state index contributed by atoms with van der Waals surface area (Å²) < 4.78 is 11.2. The lowest BCUT2D eigenvalue weighted by molar-refractivity contribution is 0.0532. The van der Waals surface area contributed by atoms with Gasteiger partial charge in [0.25, 0.3) is 0 Å². The van der Waals surface area contributed by atoms with E-state index in [2.05, 4.69) is 41.2 Å². The van der Waals surface area contributed by atoms with Crippen molar-refractivity contribution in [3.63, 3.8) is 0 Å². The van der Waals surface area contributed by atoms with Gasteiger partial charge in [-0.15, -0.1) is 0 Å². The molecule has 0 spiro atoms. The third-order valence-corrected chi connectivity index (χ3v) is 6.40. The van der Waals surface area contributed by atoms with E-state index in [9.17, 15) is 0 Å². The van der Waals surface area contributed by atoms with Gasteiger partial charge in [0.1, 0.15) is 5.76 Å². The number of ether oxygens (including phenoxy) is 1. The summed E-state index contributed by atoms with van der Waals surface area (Å²) in [5, 5.41) is 7.27. The van der Waals surface area contributed by atoms with Crippen LogP contribution in [0.4, 0.5) is 0 Å². The predicted molar refractivity (Wildman–Crippen MR) is 127 cm³/mol. The van der Waals surface area contributed by atoms with E-state index in [4.69, 9.17) is 14.1 Å². The number of hydrogen-bond donors (Lipinski definition) is 2. The molecule has 3 rings (SSSR count). The van der Waals surface area contributed by atoms with E-state index in [0.29, 0.717) is 18.2 Å². The zero-order chi connectivity index (χ0) is 21.9. The molecule has 0 aromatic carbocycles. The summed E-state index contributed by atoms with van der Waals surface area (Å²) in [6, 6.07) is 5.03. The molecule has 1 aromatic heterocycles. The van der Waals surface area contributed by atoms with Crippen molar-refractivity contribution in [3.8, 4) is 0 Å². The lowest BCUT2D eigenvalue weighted by Crippen LogP contribution is -2.49. The lowest BCUT2D eigenvalue weighted by Gasteiger charge is -2.33. The number of hydrogen-bond acceptors (Lipinski definition) is 5. The molecule has 2 N–H and O–H groups in total. The van der Waals surface area contributed by atoms with Gasteiger partial charge >= 0.3 is 0 Å². The van der Waals surface area contributed by atoms with Crippen LogP contribution in [-0.2, 0) is 11.2 Å². The number of guanidine groups is 1. The molecule has 1 unspecified atom stereocenters. The zero-order valence-electron chi connectivity index (χ0n) is 19.8. The van der Waals surface area contributed by atoms with E-state index in [0.717, 1.165) is 76.9 Å². The van der Waals surface area contributed by atoms with Crippen molar-refractivity contribution in [1.82, 2.24) is 20.4 Å². The minimum atomic E-state index is 0.314. The van der Waals surface area contributed by atoms with Gasteiger partial charge in [-0.25, -0.2) is 0 Å². The summed E-state index contributed by atoms with van der Waals surface area (Å²) in [4.78, 5) is 10.1. The minimum absolute atomic E-state index is 0.314. The molecular formula is C24H43N5O2.